The van der Waals surface area contributed by atoms with Crippen LogP contribution in [0.5, 0.6) is 0 Å². The number of nitro groups is 1. The van der Waals surface area contributed by atoms with Gasteiger partial charge >= 0.3 is 0 Å². The molecule has 5 nitrogen and oxygen atoms in total. The van der Waals surface area contributed by atoms with Crippen molar-refractivity contribution in [1.29, 1.82) is 0 Å². The largest absolute Gasteiger partial charge is 0.388 e. The summed E-state index contributed by atoms with van der Waals surface area (Å²) in [5.41, 5.74) is 2.13. The van der Waals surface area contributed by atoms with E-state index in [0.29, 0.717) is 0 Å². The Morgan fingerprint density at radius 1 is 1.47 bits per heavy atom. The quantitative estimate of drug-likeness (QED) is 0.607. The molecule has 0 aromatic heterocycles. The third-order valence-corrected chi connectivity index (χ3v) is 3.62. The average molecular weight is 263 g/mol. The maximum atomic E-state index is 10.9. The summed E-state index contributed by atoms with van der Waals surface area (Å²) in [6, 6.07) is 5.02. The van der Waals surface area contributed by atoms with Crippen molar-refractivity contribution in [3.05, 3.63) is 33.9 Å². The second-order valence-corrected chi connectivity index (χ2v) is 5.12. The number of nitro benzene ring substituents is 1. The van der Waals surface area contributed by atoms with Gasteiger partial charge in [-0.05, 0) is 36.9 Å². The van der Waals surface area contributed by atoms with E-state index in [1.165, 1.54) is 12.8 Å². The zero-order valence-corrected chi connectivity index (χ0v) is 11.6. The highest BCUT2D eigenvalue weighted by Crippen LogP contribution is 2.31. The molecule has 0 spiro atoms. The lowest BCUT2D eigenvalue weighted by atomic mass is 10.1. The van der Waals surface area contributed by atoms with E-state index in [0.717, 1.165) is 36.8 Å². The number of rotatable bonds is 7. The van der Waals surface area contributed by atoms with Gasteiger partial charge < -0.3 is 5.32 Å². The van der Waals surface area contributed by atoms with E-state index >= 15 is 0 Å². The van der Waals surface area contributed by atoms with Gasteiger partial charge in [-0.2, -0.15) is 0 Å². The number of nitrogens with zero attached hydrogens (tertiary/aromatic N) is 2. The second kappa shape index (κ2) is 6.02. The Morgan fingerprint density at radius 3 is 2.74 bits per heavy atom. The van der Waals surface area contributed by atoms with Gasteiger partial charge in [0.15, 0.2) is 0 Å². The van der Waals surface area contributed by atoms with E-state index in [9.17, 15) is 10.1 Å². The Kier molecular flexibility index (Phi) is 4.37. The fourth-order valence-corrected chi connectivity index (χ4v) is 2.28. The summed E-state index contributed by atoms with van der Waals surface area (Å²) in [7, 11) is 1.85. The first-order valence-corrected chi connectivity index (χ1v) is 6.81. The fourth-order valence-electron chi connectivity index (χ4n) is 2.28. The molecule has 0 atom stereocenters. The van der Waals surface area contributed by atoms with Crippen LogP contribution in [-0.2, 0) is 6.54 Å². The first-order valence-electron chi connectivity index (χ1n) is 6.81. The van der Waals surface area contributed by atoms with Crippen molar-refractivity contribution in [3.8, 4) is 0 Å². The van der Waals surface area contributed by atoms with E-state index in [1.54, 1.807) is 18.2 Å². The zero-order chi connectivity index (χ0) is 13.8. The van der Waals surface area contributed by atoms with Crippen LogP contribution in [0.1, 0.15) is 25.3 Å². The first-order chi connectivity index (χ1) is 9.13. The number of hydrogen-bond acceptors (Lipinski definition) is 4. The molecule has 0 heterocycles. The highest BCUT2D eigenvalue weighted by Gasteiger charge is 2.24. The molecule has 0 aliphatic heterocycles. The van der Waals surface area contributed by atoms with Gasteiger partial charge in [0.25, 0.3) is 5.69 Å². The highest BCUT2D eigenvalue weighted by atomic mass is 16.6. The molecule has 1 aliphatic carbocycles. The third-order valence-electron chi connectivity index (χ3n) is 3.62. The van der Waals surface area contributed by atoms with Crippen molar-refractivity contribution < 1.29 is 4.92 Å². The third kappa shape index (κ3) is 3.67. The van der Waals surface area contributed by atoms with Gasteiger partial charge in [-0.15, -0.1) is 0 Å². The standard InChI is InChI=1S/C14H21N3O2/c1-3-16(9-11-4-5-11)10-12-8-13(17(18)19)6-7-14(12)15-2/h6-8,11,15H,3-5,9-10H2,1-2H3. The van der Waals surface area contributed by atoms with Crippen LogP contribution in [0.25, 0.3) is 0 Å². The van der Waals surface area contributed by atoms with Crippen molar-refractivity contribution in [1.82, 2.24) is 4.90 Å². The zero-order valence-electron chi connectivity index (χ0n) is 11.6. The number of non-ortho nitro benzene ring substituents is 1. The molecule has 1 N–H and O–H groups in total. The summed E-state index contributed by atoms with van der Waals surface area (Å²) in [4.78, 5) is 12.9. The molecule has 5 heteroatoms. The summed E-state index contributed by atoms with van der Waals surface area (Å²) in [5, 5.41) is 14.0. The molecule has 1 fully saturated rings. The van der Waals surface area contributed by atoms with Crippen molar-refractivity contribution in [2.45, 2.75) is 26.3 Å². The molecular formula is C14H21N3O2. The van der Waals surface area contributed by atoms with Gasteiger partial charge in [-0.25, -0.2) is 0 Å². The predicted octanol–water partition coefficient (Wildman–Crippen LogP) is 2.87. The van der Waals surface area contributed by atoms with Gasteiger partial charge in [-0.1, -0.05) is 6.92 Å². The molecule has 2 rings (SSSR count). The minimum Gasteiger partial charge on any atom is -0.388 e. The van der Waals surface area contributed by atoms with Gasteiger partial charge in [-0.3, -0.25) is 15.0 Å². The van der Waals surface area contributed by atoms with Crippen LogP contribution in [-0.4, -0.2) is 30.0 Å². The van der Waals surface area contributed by atoms with Gasteiger partial charge in [0.2, 0.25) is 0 Å². The minimum absolute atomic E-state index is 0.163. The number of nitrogens with one attached hydrogen (secondary N) is 1. The Balaban J connectivity index is 2.14. The molecule has 0 radical (unpaired) electrons. The highest BCUT2D eigenvalue weighted by molar-refractivity contribution is 5.55. The molecule has 0 bridgehead atoms. The molecule has 0 unspecified atom stereocenters. The van der Waals surface area contributed by atoms with Gasteiger partial charge in [0, 0.05) is 38.0 Å². The lowest BCUT2D eigenvalue weighted by Gasteiger charge is -2.21. The molecule has 0 amide bonds. The van der Waals surface area contributed by atoms with E-state index in [2.05, 4.69) is 17.1 Å². The molecule has 1 aromatic carbocycles. The lowest BCUT2D eigenvalue weighted by Crippen LogP contribution is -2.25. The van der Waals surface area contributed by atoms with E-state index in [-0.39, 0.29) is 10.6 Å². The fraction of sp³-hybridized carbons (Fsp3) is 0.571. The molecule has 1 saturated carbocycles. The maximum Gasteiger partial charge on any atom is 0.269 e. The normalized spacial score (nSPS) is 14.7. The molecule has 1 aliphatic rings. The molecule has 1 aromatic rings. The predicted molar refractivity (Wildman–Crippen MR) is 76.3 cm³/mol. The maximum absolute atomic E-state index is 10.9. The van der Waals surface area contributed by atoms with E-state index in [1.807, 2.05) is 7.05 Å². The molecule has 19 heavy (non-hydrogen) atoms. The number of hydrogen-bond donors (Lipinski definition) is 1. The van der Waals surface area contributed by atoms with Crippen LogP contribution in [0.2, 0.25) is 0 Å². The second-order valence-electron chi connectivity index (χ2n) is 5.12. The van der Waals surface area contributed by atoms with Crippen LogP contribution in [0.3, 0.4) is 0 Å². The topological polar surface area (TPSA) is 58.4 Å². The van der Waals surface area contributed by atoms with Gasteiger partial charge in [0.05, 0.1) is 4.92 Å². The molecule has 104 valence electrons. The lowest BCUT2D eigenvalue weighted by molar-refractivity contribution is -0.384. The Bertz CT molecular complexity index is 458. The van der Waals surface area contributed by atoms with Crippen LogP contribution in [0.15, 0.2) is 18.2 Å². The summed E-state index contributed by atoms with van der Waals surface area (Å²) in [6.07, 6.45) is 2.65. The minimum atomic E-state index is -0.333. The SMILES string of the molecule is CCN(Cc1cc([N+](=O)[O-])ccc1NC)CC1CC1. The first kappa shape index (κ1) is 13.8. The van der Waals surface area contributed by atoms with E-state index < -0.39 is 0 Å². The van der Waals surface area contributed by atoms with Crippen LogP contribution < -0.4 is 5.32 Å². The monoisotopic (exact) mass is 263 g/mol. The van der Waals surface area contributed by atoms with Crippen molar-refractivity contribution in [3.63, 3.8) is 0 Å². The van der Waals surface area contributed by atoms with Crippen molar-refractivity contribution >= 4 is 11.4 Å². The van der Waals surface area contributed by atoms with Crippen molar-refractivity contribution in [2.24, 2.45) is 5.92 Å². The summed E-state index contributed by atoms with van der Waals surface area (Å²) in [6.45, 7) is 4.98. The molecular weight excluding hydrogens is 242 g/mol. The Hall–Kier alpha value is -1.62. The van der Waals surface area contributed by atoms with Gasteiger partial charge in [0.1, 0.15) is 0 Å². The average Bonchev–Trinajstić information content (AvgIpc) is 3.21. The molecule has 0 saturated heterocycles. The summed E-state index contributed by atoms with van der Waals surface area (Å²) in [5.74, 6) is 0.830. The number of benzene rings is 1. The van der Waals surface area contributed by atoms with Crippen molar-refractivity contribution in [2.75, 3.05) is 25.5 Å². The Morgan fingerprint density at radius 2 is 2.21 bits per heavy atom. The summed E-state index contributed by atoms with van der Waals surface area (Å²) >= 11 is 0. The van der Waals surface area contributed by atoms with Crippen LogP contribution in [0, 0.1) is 16.0 Å². The van der Waals surface area contributed by atoms with Crippen LogP contribution >= 0.6 is 0 Å². The summed E-state index contributed by atoms with van der Waals surface area (Å²) < 4.78 is 0. The van der Waals surface area contributed by atoms with Crippen LogP contribution in [0.4, 0.5) is 11.4 Å². The number of anilines is 1. The Labute approximate surface area is 113 Å². The smallest absolute Gasteiger partial charge is 0.269 e. The van der Waals surface area contributed by atoms with E-state index in [4.69, 9.17) is 0 Å².